The van der Waals surface area contributed by atoms with E-state index in [4.69, 9.17) is 18.0 Å². The van der Waals surface area contributed by atoms with Gasteiger partial charge in [0.1, 0.15) is 16.6 Å². The molecule has 0 spiro atoms. The molecule has 0 unspecified atom stereocenters. The van der Waals surface area contributed by atoms with Gasteiger partial charge in [0, 0.05) is 22.9 Å². The number of hydrogen-bond acceptors (Lipinski definition) is 3. The summed E-state index contributed by atoms with van der Waals surface area (Å²) in [5.74, 6) is 0.106. The zero-order valence-electron chi connectivity index (χ0n) is 11.2. The number of halogens is 1. The zero-order chi connectivity index (χ0) is 14.9. The Morgan fingerprint density at radius 3 is 2.65 bits per heavy atom. The predicted octanol–water partition coefficient (Wildman–Crippen LogP) is 1.68. The van der Waals surface area contributed by atoms with Crippen molar-refractivity contribution in [2.45, 2.75) is 20.4 Å². The summed E-state index contributed by atoms with van der Waals surface area (Å²) in [6.45, 7) is 3.59. The summed E-state index contributed by atoms with van der Waals surface area (Å²) in [5.41, 5.74) is 6.75. The van der Waals surface area contributed by atoms with Crippen LogP contribution in [0.2, 0.25) is 0 Å². The molecular formula is C14H14FN3OS. The van der Waals surface area contributed by atoms with Gasteiger partial charge in [0.15, 0.2) is 0 Å². The Labute approximate surface area is 121 Å². The first-order valence-corrected chi connectivity index (χ1v) is 6.42. The maximum atomic E-state index is 14.0. The Kier molecular flexibility index (Phi) is 3.94. The second kappa shape index (κ2) is 5.50. The number of thiocarbonyl (C=S) groups is 1. The maximum absolute atomic E-state index is 14.0. The van der Waals surface area contributed by atoms with E-state index in [2.05, 4.69) is 4.98 Å². The van der Waals surface area contributed by atoms with Gasteiger partial charge < -0.3 is 5.73 Å². The van der Waals surface area contributed by atoms with E-state index in [0.29, 0.717) is 22.6 Å². The first-order valence-electron chi connectivity index (χ1n) is 6.02. The molecule has 4 nitrogen and oxygen atoms in total. The van der Waals surface area contributed by atoms with Gasteiger partial charge in [-0.05, 0) is 19.9 Å². The smallest absolute Gasteiger partial charge is 0.254 e. The molecule has 0 aliphatic rings. The van der Waals surface area contributed by atoms with Gasteiger partial charge in [-0.15, -0.1) is 0 Å². The highest BCUT2D eigenvalue weighted by molar-refractivity contribution is 7.80. The molecule has 0 saturated carbocycles. The van der Waals surface area contributed by atoms with Crippen LogP contribution in [0.4, 0.5) is 4.39 Å². The lowest BCUT2D eigenvalue weighted by Crippen LogP contribution is -2.24. The van der Waals surface area contributed by atoms with Gasteiger partial charge in [-0.3, -0.25) is 9.36 Å². The van der Waals surface area contributed by atoms with Crippen LogP contribution >= 0.6 is 12.2 Å². The Balaban J connectivity index is 2.41. The molecule has 1 aromatic carbocycles. The molecule has 104 valence electrons. The molecule has 0 bridgehead atoms. The average molecular weight is 291 g/mol. The lowest BCUT2D eigenvalue weighted by atomic mass is 10.1. The molecule has 0 radical (unpaired) electrons. The predicted molar refractivity (Wildman–Crippen MR) is 79.4 cm³/mol. The van der Waals surface area contributed by atoms with Crippen molar-refractivity contribution in [2.24, 2.45) is 5.73 Å². The molecule has 0 saturated heterocycles. The van der Waals surface area contributed by atoms with E-state index in [-0.39, 0.29) is 17.1 Å². The standard InChI is InChI=1S/C14H14FN3OS/c1-8-5-13(19)18(9(2)17-8)7-11-4-3-10(14(16)20)6-12(11)15/h3-6H,7H2,1-2H3,(H2,16,20). The molecule has 2 rings (SSSR count). The molecule has 0 aliphatic carbocycles. The van der Waals surface area contributed by atoms with E-state index >= 15 is 0 Å². The van der Waals surface area contributed by atoms with Crippen LogP contribution in [-0.4, -0.2) is 14.5 Å². The molecule has 0 fully saturated rings. The van der Waals surface area contributed by atoms with Crippen LogP contribution in [0.15, 0.2) is 29.1 Å². The summed E-state index contributed by atoms with van der Waals surface area (Å²) in [7, 11) is 0. The van der Waals surface area contributed by atoms with Crippen molar-refractivity contribution in [1.82, 2.24) is 9.55 Å². The molecule has 1 heterocycles. The fraction of sp³-hybridized carbons (Fsp3) is 0.214. The topological polar surface area (TPSA) is 60.9 Å². The lowest BCUT2D eigenvalue weighted by molar-refractivity contribution is 0.588. The summed E-state index contributed by atoms with van der Waals surface area (Å²) in [6.07, 6.45) is 0. The van der Waals surface area contributed by atoms with Crippen LogP contribution in [0.25, 0.3) is 0 Å². The van der Waals surface area contributed by atoms with E-state index in [1.807, 2.05) is 0 Å². The summed E-state index contributed by atoms with van der Waals surface area (Å²) < 4.78 is 15.4. The Bertz CT molecular complexity index is 740. The van der Waals surface area contributed by atoms with Crippen molar-refractivity contribution in [3.05, 3.63) is 63.1 Å². The highest BCUT2D eigenvalue weighted by atomic mass is 32.1. The summed E-state index contributed by atoms with van der Waals surface area (Å²) in [5, 5.41) is 0. The molecule has 20 heavy (non-hydrogen) atoms. The van der Waals surface area contributed by atoms with Crippen molar-refractivity contribution in [3.8, 4) is 0 Å². The van der Waals surface area contributed by atoms with Crippen LogP contribution in [0, 0.1) is 19.7 Å². The van der Waals surface area contributed by atoms with E-state index in [1.54, 1.807) is 26.0 Å². The number of nitrogens with zero attached hydrogens (tertiary/aromatic N) is 2. The Hall–Kier alpha value is -2.08. The summed E-state index contributed by atoms with van der Waals surface area (Å²) >= 11 is 4.80. The SMILES string of the molecule is Cc1cc(=O)n(Cc2ccc(C(N)=S)cc2F)c(C)n1. The van der Waals surface area contributed by atoms with E-state index in [1.165, 1.54) is 16.7 Å². The van der Waals surface area contributed by atoms with Crippen molar-refractivity contribution in [3.63, 3.8) is 0 Å². The summed E-state index contributed by atoms with van der Waals surface area (Å²) in [6, 6.07) is 5.92. The van der Waals surface area contributed by atoms with Gasteiger partial charge in [0.2, 0.25) is 0 Å². The van der Waals surface area contributed by atoms with Crippen LogP contribution in [0.5, 0.6) is 0 Å². The van der Waals surface area contributed by atoms with E-state index in [0.717, 1.165) is 0 Å². The van der Waals surface area contributed by atoms with E-state index < -0.39 is 5.82 Å². The lowest BCUT2D eigenvalue weighted by Gasteiger charge is -2.11. The Morgan fingerprint density at radius 1 is 1.40 bits per heavy atom. The van der Waals surface area contributed by atoms with Crippen LogP contribution in [0.3, 0.4) is 0 Å². The second-order valence-electron chi connectivity index (χ2n) is 4.54. The van der Waals surface area contributed by atoms with Crippen molar-refractivity contribution < 1.29 is 4.39 Å². The quantitative estimate of drug-likeness (QED) is 0.874. The zero-order valence-corrected chi connectivity index (χ0v) is 12.0. The number of benzene rings is 1. The minimum Gasteiger partial charge on any atom is -0.389 e. The molecule has 0 atom stereocenters. The second-order valence-corrected chi connectivity index (χ2v) is 4.98. The molecule has 6 heteroatoms. The molecule has 1 aromatic heterocycles. The first kappa shape index (κ1) is 14.3. The van der Waals surface area contributed by atoms with Crippen LogP contribution in [0.1, 0.15) is 22.6 Å². The molecule has 0 amide bonds. The largest absolute Gasteiger partial charge is 0.389 e. The third kappa shape index (κ3) is 2.91. The van der Waals surface area contributed by atoms with Gasteiger partial charge in [0.05, 0.1) is 6.54 Å². The number of aryl methyl sites for hydroxylation is 2. The van der Waals surface area contributed by atoms with Gasteiger partial charge >= 0.3 is 0 Å². The minimum absolute atomic E-state index is 0.126. The molecule has 2 aromatic rings. The third-order valence-electron chi connectivity index (χ3n) is 2.99. The van der Waals surface area contributed by atoms with Gasteiger partial charge in [-0.25, -0.2) is 9.37 Å². The number of nitrogens with two attached hydrogens (primary N) is 1. The van der Waals surface area contributed by atoms with E-state index in [9.17, 15) is 9.18 Å². The first-order chi connectivity index (χ1) is 9.38. The highest BCUT2D eigenvalue weighted by Crippen LogP contribution is 2.12. The third-order valence-corrected chi connectivity index (χ3v) is 3.23. The number of rotatable bonds is 3. The van der Waals surface area contributed by atoms with Gasteiger partial charge in [-0.1, -0.05) is 24.4 Å². The molecule has 2 N–H and O–H groups in total. The minimum atomic E-state index is -0.442. The molecular weight excluding hydrogens is 277 g/mol. The monoisotopic (exact) mass is 291 g/mol. The van der Waals surface area contributed by atoms with Crippen molar-refractivity contribution in [2.75, 3.05) is 0 Å². The van der Waals surface area contributed by atoms with Gasteiger partial charge in [0.25, 0.3) is 5.56 Å². The maximum Gasteiger partial charge on any atom is 0.254 e. The normalized spacial score (nSPS) is 10.6. The summed E-state index contributed by atoms with van der Waals surface area (Å²) in [4.78, 5) is 16.3. The van der Waals surface area contributed by atoms with Crippen LogP contribution < -0.4 is 11.3 Å². The van der Waals surface area contributed by atoms with Crippen molar-refractivity contribution >= 4 is 17.2 Å². The van der Waals surface area contributed by atoms with Crippen LogP contribution in [-0.2, 0) is 6.54 Å². The van der Waals surface area contributed by atoms with Crippen molar-refractivity contribution in [1.29, 1.82) is 0 Å². The van der Waals surface area contributed by atoms with Gasteiger partial charge in [-0.2, -0.15) is 0 Å². The molecule has 0 aliphatic heterocycles. The Morgan fingerprint density at radius 2 is 2.10 bits per heavy atom. The number of aromatic nitrogens is 2. The highest BCUT2D eigenvalue weighted by Gasteiger charge is 2.09. The fourth-order valence-electron chi connectivity index (χ4n) is 1.96. The fourth-order valence-corrected chi connectivity index (χ4v) is 2.08. The number of hydrogen-bond donors (Lipinski definition) is 1. The average Bonchev–Trinajstić information content (AvgIpc) is 2.34.